The number of hydrogen-bond acceptors (Lipinski definition) is 4. The Balaban J connectivity index is 2.42. The van der Waals surface area contributed by atoms with Crippen LogP contribution in [0.2, 0.25) is 0 Å². The summed E-state index contributed by atoms with van der Waals surface area (Å²) in [6.45, 7) is 0. The lowest BCUT2D eigenvalue weighted by atomic mass is 10.2. The largest absolute Gasteiger partial charge is 0.478 e. The van der Waals surface area contributed by atoms with E-state index in [9.17, 15) is 4.79 Å². The van der Waals surface area contributed by atoms with Crippen LogP contribution in [0.4, 0.5) is 5.69 Å². The number of para-hydroxylation sites is 1. The topological polar surface area (TPSA) is 72.5 Å². The molecule has 3 N–H and O–H groups in total. The standard InChI is InChI=1S/C16H13NO3S/c1-2-8-21-14-10-11(16(18)19)9-13(17)15(14)20-12-6-4-3-5-7-12/h1,3-7,9-10H,8,17H2,(H,18,19). The number of carboxylic acid groups (broad SMARTS) is 1. The van der Waals surface area contributed by atoms with E-state index in [0.29, 0.717) is 22.1 Å². The molecule has 2 rings (SSSR count). The molecule has 0 unspecified atom stereocenters. The molecule has 0 aliphatic heterocycles. The highest BCUT2D eigenvalue weighted by Gasteiger charge is 2.15. The zero-order valence-corrected chi connectivity index (χ0v) is 11.9. The summed E-state index contributed by atoms with van der Waals surface area (Å²) in [5.41, 5.74) is 6.29. The van der Waals surface area contributed by atoms with E-state index < -0.39 is 5.97 Å². The van der Waals surface area contributed by atoms with Gasteiger partial charge < -0.3 is 15.6 Å². The van der Waals surface area contributed by atoms with Gasteiger partial charge in [0.25, 0.3) is 0 Å². The Bertz CT molecular complexity index is 693. The van der Waals surface area contributed by atoms with Crippen LogP contribution < -0.4 is 10.5 Å². The van der Waals surface area contributed by atoms with Crippen molar-refractivity contribution < 1.29 is 14.6 Å². The third-order valence-corrected chi connectivity index (χ3v) is 3.53. The molecule has 0 heterocycles. The third-order valence-electron chi connectivity index (χ3n) is 2.60. The van der Waals surface area contributed by atoms with Crippen molar-refractivity contribution in [2.45, 2.75) is 4.90 Å². The number of ether oxygens (including phenoxy) is 1. The molecule has 4 nitrogen and oxygen atoms in total. The maximum absolute atomic E-state index is 11.1. The van der Waals surface area contributed by atoms with Crippen molar-refractivity contribution in [2.24, 2.45) is 0 Å². The van der Waals surface area contributed by atoms with Crippen molar-refractivity contribution in [1.82, 2.24) is 0 Å². The highest BCUT2D eigenvalue weighted by Crippen LogP contribution is 2.38. The minimum absolute atomic E-state index is 0.104. The number of hydrogen-bond donors (Lipinski definition) is 2. The number of aromatic carboxylic acids is 1. The second kappa shape index (κ2) is 6.73. The van der Waals surface area contributed by atoms with Gasteiger partial charge in [0.05, 0.1) is 21.9 Å². The summed E-state index contributed by atoms with van der Waals surface area (Å²) >= 11 is 1.31. The lowest BCUT2D eigenvalue weighted by Gasteiger charge is -2.13. The number of terminal acetylenes is 1. The zero-order chi connectivity index (χ0) is 15.2. The van der Waals surface area contributed by atoms with Gasteiger partial charge in [-0.1, -0.05) is 24.1 Å². The number of anilines is 1. The first-order valence-corrected chi connectivity index (χ1v) is 7.06. The normalized spacial score (nSPS) is 9.86. The maximum Gasteiger partial charge on any atom is 0.335 e. The number of rotatable bonds is 5. The van der Waals surface area contributed by atoms with Crippen LogP contribution in [-0.2, 0) is 0 Å². The lowest BCUT2D eigenvalue weighted by Crippen LogP contribution is -2.01. The molecule has 0 radical (unpaired) electrons. The second-order valence-corrected chi connectivity index (χ2v) is 5.12. The van der Waals surface area contributed by atoms with E-state index in [1.165, 1.54) is 23.9 Å². The van der Waals surface area contributed by atoms with Gasteiger partial charge in [-0.2, -0.15) is 0 Å². The van der Waals surface area contributed by atoms with Gasteiger partial charge in [0.15, 0.2) is 5.75 Å². The molecule has 2 aromatic rings. The summed E-state index contributed by atoms with van der Waals surface area (Å²) in [5.74, 6) is 2.89. The van der Waals surface area contributed by atoms with Crippen molar-refractivity contribution in [3.63, 3.8) is 0 Å². The van der Waals surface area contributed by atoms with Crippen molar-refractivity contribution in [3.05, 3.63) is 48.0 Å². The Morgan fingerprint density at radius 1 is 1.33 bits per heavy atom. The predicted molar refractivity (Wildman–Crippen MR) is 83.9 cm³/mol. The van der Waals surface area contributed by atoms with Crippen molar-refractivity contribution in [1.29, 1.82) is 0 Å². The molecule has 106 valence electrons. The van der Waals surface area contributed by atoms with Crippen molar-refractivity contribution >= 4 is 23.4 Å². The second-order valence-electron chi connectivity index (χ2n) is 4.11. The van der Waals surface area contributed by atoms with Crippen LogP contribution in [0.25, 0.3) is 0 Å². The number of thioether (sulfide) groups is 1. The van der Waals surface area contributed by atoms with Crippen molar-refractivity contribution in [3.8, 4) is 23.8 Å². The Labute approximate surface area is 126 Å². The predicted octanol–water partition coefficient (Wildman–Crippen LogP) is 3.48. The lowest BCUT2D eigenvalue weighted by molar-refractivity contribution is 0.0696. The minimum Gasteiger partial charge on any atom is -0.478 e. The van der Waals surface area contributed by atoms with E-state index in [1.807, 2.05) is 18.2 Å². The van der Waals surface area contributed by atoms with E-state index >= 15 is 0 Å². The first-order chi connectivity index (χ1) is 10.1. The number of nitrogen functional groups attached to an aromatic ring is 1. The fourth-order valence-electron chi connectivity index (χ4n) is 1.69. The molecule has 0 spiro atoms. The van der Waals surface area contributed by atoms with Crippen LogP contribution in [0, 0.1) is 12.3 Å². The molecule has 0 aliphatic rings. The van der Waals surface area contributed by atoms with Crippen LogP contribution in [0.15, 0.2) is 47.4 Å². The number of carbonyl (C=O) groups is 1. The fraction of sp³-hybridized carbons (Fsp3) is 0.0625. The maximum atomic E-state index is 11.1. The van der Waals surface area contributed by atoms with Crippen LogP contribution in [0.1, 0.15) is 10.4 Å². The van der Waals surface area contributed by atoms with Crippen LogP contribution in [0.3, 0.4) is 0 Å². The molecular formula is C16H13NO3S. The average molecular weight is 299 g/mol. The highest BCUT2D eigenvalue weighted by atomic mass is 32.2. The van der Waals surface area contributed by atoms with Gasteiger partial charge in [-0.05, 0) is 24.3 Å². The van der Waals surface area contributed by atoms with Gasteiger partial charge in [0.2, 0.25) is 0 Å². The van der Waals surface area contributed by atoms with Gasteiger partial charge in [-0.15, -0.1) is 18.2 Å². The minimum atomic E-state index is -1.05. The first-order valence-electron chi connectivity index (χ1n) is 6.08. The zero-order valence-electron chi connectivity index (χ0n) is 11.1. The van der Waals surface area contributed by atoms with E-state index in [-0.39, 0.29) is 11.3 Å². The highest BCUT2D eigenvalue weighted by molar-refractivity contribution is 7.99. The molecule has 0 aliphatic carbocycles. The number of nitrogens with two attached hydrogens (primary N) is 1. The summed E-state index contributed by atoms with van der Waals surface area (Å²) in [7, 11) is 0. The van der Waals surface area contributed by atoms with Gasteiger partial charge in [-0.3, -0.25) is 0 Å². The summed E-state index contributed by atoms with van der Waals surface area (Å²) in [6.07, 6.45) is 5.26. The van der Waals surface area contributed by atoms with Gasteiger partial charge in [0, 0.05) is 0 Å². The van der Waals surface area contributed by atoms with Crippen molar-refractivity contribution in [2.75, 3.05) is 11.5 Å². The summed E-state index contributed by atoms with van der Waals surface area (Å²) < 4.78 is 5.76. The van der Waals surface area contributed by atoms with E-state index in [2.05, 4.69) is 5.92 Å². The van der Waals surface area contributed by atoms with E-state index in [0.717, 1.165) is 0 Å². The van der Waals surface area contributed by atoms with Crippen LogP contribution in [0.5, 0.6) is 11.5 Å². The monoisotopic (exact) mass is 299 g/mol. The van der Waals surface area contributed by atoms with E-state index in [4.69, 9.17) is 22.0 Å². The van der Waals surface area contributed by atoms with Gasteiger partial charge in [0.1, 0.15) is 5.75 Å². The Hall–Kier alpha value is -2.58. The molecule has 0 fully saturated rings. The molecule has 2 aromatic carbocycles. The third kappa shape index (κ3) is 3.71. The van der Waals surface area contributed by atoms with Crippen LogP contribution >= 0.6 is 11.8 Å². The molecule has 5 heteroatoms. The summed E-state index contributed by atoms with van der Waals surface area (Å²) in [5, 5.41) is 9.09. The van der Waals surface area contributed by atoms with Crippen LogP contribution in [-0.4, -0.2) is 16.8 Å². The summed E-state index contributed by atoms with van der Waals surface area (Å²) in [4.78, 5) is 11.7. The average Bonchev–Trinajstić information content (AvgIpc) is 2.48. The molecule has 0 bridgehead atoms. The molecule has 21 heavy (non-hydrogen) atoms. The quantitative estimate of drug-likeness (QED) is 0.502. The molecular weight excluding hydrogens is 286 g/mol. The number of carboxylic acids is 1. The van der Waals surface area contributed by atoms with E-state index in [1.54, 1.807) is 12.1 Å². The molecule has 0 atom stereocenters. The summed E-state index contributed by atoms with van der Waals surface area (Å²) in [6, 6.07) is 12.0. The van der Waals surface area contributed by atoms with Gasteiger partial charge >= 0.3 is 5.97 Å². The SMILES string of the molecule is C#CCSc1cc(C(=O)O)cc(N)c1Oc1ccccc1. The molecule has 0 saturated carbocycles. The molecule has 0 saturated heterocycles. The first kappa shape index (κ1) is 14.8. The Morgan fingerprint density at radius 2 is 2.05 bits per heavy atom. The molecule has 0 amide bonds. The fourth-order valence-corrected chi connectivity index (χ4v) is 2.43. The molecule has 0 aromatic heterocycles. The van der Waals surface area contributed by atoms with Gasteiger partial charge in [-0.25, -0.2) is 4.79 Å². The Kier molecular flexibility index (Phi) is 4.75. The smallest absolute Gasteiger partial charge is 0.335 e. The Morgan fingerprint density at radius 3 is 2.67 bits per heavy atom. The number of benzene rings is 2.